The molecular formula is C13H17ClFN3O2. The zero-order valence-corrected chi connectivity index (χ0v) is 11.9. The zero-order chi connectivity index (χ0) is 14.9. The van der Waals surface area contributed by atoms with E-state index in [-0.39, 0.29) is 22.7 Å². The highest BCUT2D eigenvalue weighted by Crippen LogP contribution is 2.35. The van der Waals surface area contributed by atoms with Gasteiger partial charge in [-0.2, -0.15) is 0 Å². The normalized spacial score (nSPS) is 22.9. The van der Waals surface area contributed by atoms with Gasteiger partial charge in [0.2, 0.25) is 0 Å². The Hall–Kier alpha value is -1.40. The summed E-state index contributed by atoms with van der Waals surface area (Å²) in [6.45, 7) is 3.28. The van der Waals surface area contributed by atoms with Gasteiger partial charge in [0.15, 0.2) is 0 Å². The van der Waals surface area contributed by atoms with Gasteiger partial charge in [0, 0.05) is 19.1 Å². The van der Waals surface area contributed by atoms with Crippen molar-refractivity contribution in [3.63, 3.8) is 0 Å². The lowest BCUT2D eigenvalue weighted by molar-refractivity contribution is -0.384. The molecule has 0 saturated carbocycles. The molecule has 0 aliphatic carbocycles. The predicted octanol–water partition coefficient (Wildman–Crippen LogP) is 2.95. The second kappa shape index (κ2) is 5.93. The standard InChI is InChI=1S/C13H17ClFN3O2/c1-2-8-7-17(4-3-11(8)16)12-5-9(14)10(15)6-13(12)18(19)20/h5-6,8,11H,2-4,7,16H2,1H3. The molecule has 1 fully saturated rings. The van der Waals surface area contributed by atoms with E-state index in [2.05, 4.69) is 0 Å². The van der Waals surface area contributed by atoms with Crippen LogP contribution in [-0.4, -0.2) is 24.1 Å². The Balaban J connectivity index is 2.36. The van der Waals surface area contributed by atoms with E-state index in [0.717, 1.165) is 18.9 Å². The first-order valence-corrected chi connectivity index (χ1v) is 6.95. The Kier molecular flexibility index (Phi) is 4.45. The number of anilines is 1. The third kappa shape index (κ3) is 2.86. The van der Waals surface area contributed by atoms with Crippen LogP contribution in [0.3, 0.4) is 0 Å². The number of hydrogen-bond acceptors (Lipinski definition) is 4. The van der Waals surface area contributed by atoms with Crippen molar-refractivity contribution in [1.29, 1.82) is 0 Å². The molecule has 110 valence electrons. The molecule has 0 amide bonds. The molecule has 2 atom stereocenters. The topological polar surface area (TPSA) is 72.4 Å². The highest BCUT2D eigenvalue weighted by Gasteiger charge is 2.30. The van der Waals surface area contributed by atoms with Gasteiger partial charge in [-0.3, -0.25) is 10.1 Å². The largest absolute Gasteiger partial charge is 0.366 e. The molecule has 1 aromatic rings. The predicted molar refractivity (Wildman–Crippen MR) is 76.7 cm³/mol. The second-order valence-corrected chi connectivity index (χ2v) is 5.49. The lowest BCUT2D eigenvalue weighted by atomic mass is 9.90. The maximum absolute atomic E-state index is 13.4. The van der Waals surface area contributed by atoms with Crippen LogP contribution in [-0.2, 0) is 0 Å². The highest BCUT2D eigenvalue weighted by molar-refractivity contribution is 6.31. The quantitative estimate of drug-likeness (QED) is 0.688. The number of nitro benzene ring substituents is 1. The summed E-state index contributed by atoms with van der Waals surface area (Å²) in [5.41, 5.74) is 6.15. The third-order valence-corrected chi connectivity index (χ3v) is 4.16. The number of benzene rings is 1. The number of nitrogens with zero attached hydrogens (tertiary/aromatic N) is 2. The van der Waals surface area contributed by atoms with Crippen molar-refractivity contribution in [1.82, 2.24) is 0 Å². The van der Waals surface area contributed by atoms with Crippen LogP contribution in [0.4, 0.5) is 15.8 Å². The van der Waals surface area contributed by atoms with Crippen molar-refractivity contribution in [2.24, 2.45) is 11.7 Å². The van der Waals surface area contributed by atoms with Gasteiger partial charge in [0.1, 0.15) is 11.5 Å². The average molecular weight is 302 g/mol. The van der Waals surface area contributed by atoms with Crippen molar-refractivity contribution in [2.75, 3.05) is 18.0 Å². The second-order valence-electron chi connectivity index (χ2n) is 5.08. The van der Waals surface area contributed by atoms with Crippen LogP contribution in [0.2, 0.25) is 5.02 Å². The van der Waals surface area contributed by atoms with E-state index in [4.69, 9.17) is 17.3 Å². The maximum Gasteiger partial charge on any atom is 0.295 e. The fraction of sp³-hybridized carbons (Fsp3) is 0.538. The smallest absolute Gasteiger partial charge is 0.295 e. The van der Waals surface area contributed by atoms with Crippen molar-refractivity contribution in [3.05, 3.63) is 33.1 Å². The van der Waals surface area contributed by atoms with Crippen LogP contribution in [0.25, 0.3) is 0 Å². The van der Waals surface area contributed by atoms with Gasteiger partial charge < -0.3 is 10.6 Å². The Labute approximate surface area is 121 Å². The SMILES string of the molecule is CCC1CN(c2cc(Cl)c(F)cc2[N+](=O)[O-])CCC1N. The summed E-state index contributed by atoms with van der Waals surface area (Å²) in [5, 5.41) is 11.0. The van der Waals surface area contributed by atoms with Crippen LogP contribution < -0.4 is 10.6 Å². The fourth-order valence-corrected chi connectivity index (χ4v) is 2.78. The molecule has 7 heteroatoms. The summed E-state index contributed by atoms with van der Waals surface area (Å²) in [5.74, 6) is -0.505. The number of nitro groups is 1. The molecular weight excluding hydrogens is 285 g/mol. The van der Waals surface area contributed by atoms with E-state index in [9.17, 15) is 14.5 Å². The minimum Gasteiger partial charge on any atom is -0.366 e. The fourth-order valence-electron chi connectivity index (χ4n) is 2.63. The number of halogens is 2. The van der Waals surface area contributed by atoms with Crippen molar-refractivity contribution in [3.8, 4) is 0 Å². The maximum atomic E-state index is 13.4. The van der Waals surface area contributed by atoms with Crippen LogP contribution >= 0.6 is 11.6 Å². The van der Waals surface area contributed by atoms with Crippen LogP contribution in [0, 0.1) is 21.8 Å². The molecule has 1 aliphatic rings. The van der Waals surface area contributed by atoms with Gasteiger partial charge in [-0.15, -0.1) is 0 Å². The average Bonchev–Trinajstić information content (AvgIpc) is 2.41. The van der Waals surface area contributed by atoms with Gasteiger partial charge in [-0.25, -0.2) is 4.39 Å². The first kappa shape index (κ1) is 15.0. The van der Waals surface area contributed by atoms with Crippen molar-refractivity contribution < 1.29 is 9.31 Å². The number of hydrogen-bond donors (Lipinski definition) is 1. The van der Waals surface area contributed by atoms with Crippen molar-refractivity contribution in [2.45, 2.75) is 25.8 Å². The van der Waals surface area contributed by atoms with Gasteiger partial charge in [-0.1, -0.05) is 24.9 Å². The monoisotopic (exact) mass is 301 g/mol. The summed E-state index contributed by atoms with van der Waals surface area (Å²) in [4.78, 5) is 12.4. The molecule has 2 N–H and O–H groups in total. The third-order valence-electron chi connectivity index (χ3n) is 3.87. The van der Waals surface area contributed by atoms with Crippen LogP contribution in [0.5, 0.6) is 0 Å². The molecule has 1 aliphatic heterocycles. The molecule has 2 unspecified atom stereocenters. The minimum atomic E-state index is -0.775. The molecule has 0 bridgehead atoms. The molecule has 0 aromatic heterocycles. The lowest BCUT2D eigenvalue weighted by Gasteiger charge is -2.37. The van der Waals surface area contributed by atoms with E-state index in [0.29, 0.717) is 18.8 Å². The minimum absolute atomic E-state index is 0.103. The summed E-state index contributed by atoms with van der Waals surface area (Å²) in [6, 6.07) is 2.32. The number of nitrogens with two attached hydrogens (primary N) is 1. The molecule has 1 heterocycles. The molecule has 0 spiro atoms. The molecule has 2 rings (SSSR count). The Morgan fingerprint density at radius 3 is 2.90 bits per heavy atom. The molecule has 1 saturated heterocycles. The Morgan fingerprint density at radius 2 is 2.30 bits per heavy atom. The Morgan fingerprint density at radius 1 is 1.60 bits per heavy atom. The van der Waals surface area contributed by atoms with Crippen molar-refractivity contribution >= 4 is 23.0 Å². The summed E-state index contributed by atoms with van der Waals surface area (Å²) >= 11 is 5.76. The van der Waals surface area contributed by atoms with Gasteiger partial charge in [0.25, 0.3) is 5.69 Å². The Bertz CT molecular complexity index is 527. The van der Waals surface area contributed by atoms with E-state index in [1.165, 1.54) is 6.07 Å². The number of rotatable bonds is 3. The first-order valence-electron chi connectivity index (χ1n) is 6.58. The van der Waals surface area contributed by atoms with E-state index >= 15 is 0 Å². The summed E-state index contributed by atoms with van der Waals surface area (Å²) < 4.78 is 13.4. The number of piperidine rings is 1. The van der Waals surface area contributed by atoms with Gasteiger partial charge in [-0.05, 0) is 18.4 Å². The first-order chi connectivity index (χ1) is 9.43. The molecule has 5 nitrogen and oxygen atoms in total. The lowest BCUT2D eigenvalue weighted by Crippen LogP contribution is -2.47. The van der Waals surface area contributed by atoms with Gasteiger partial charge >= 0.3 is 0 Å². The zero-order valence-electron chi connectivity index (χ0n) is 11.2. The summed E-state index contributed by atoms with van der Waals surface area (Å²) in [6.07, 6.45) is 1.66. The molecule has 1 aromatic carbocycles. The van der Waals surface area contributed by atoms with Gasteiger partial charge in [0.05, 0.1) is 16.0 Å². The summed E-state index contributed by atoms with van der Waals surface area (Å²) in [7, 11) is 0. The van der Waals surface area contributed by atoms with E-state index in [1.807, 2.05) is 11.8 Å². The van der Waals surface area contributed by atoms with E-state index in [1.54, 1.807) is 0 Å². The van der Waals surface area contributed by atoms with E-state index < -0.39 is 10.7 Å². The highest BCUT2D eigenvalue weighted by atomic mass is 35.5. The van der Waals surface area contributed by atoms with Crippen LogP contribution in [0.15, 0.2) is 12.1 Å². The van der Waals surface area contributed by atoms with Crippen LogP contribution in [0.1, 0.15) is 19.8 Å². The molecule has 0 radical (unpaired) electrons. The molecule has 20 heavy (non-hydrogen) atoms.